The van der Waals surface area contributed by atoms with E-state index in [1.165, 1.54) is 19.4 Å². The molecular weight excluding hydrogens is 306 g/mol. The molecule has 2 heterocycles. The molecule has 1 N–H and O–H groups in total. The highest BCUT2D eigenvalue weighted by molar-refractivity contribution is 5.74. The van der Waals surface area contributed by atoms with Crippen LogP contribution >= 0.6 is 0 Å². The molecule has 2 saturated heterocycles. The fourth-order valence-corrected chi connectivity index (χ4v) is 3.69. The molecule has 2 amide bonds. The first-order valence-electron chi connectivity index (χ1n) is 8.69. The van der Waals surface area contributed by atoms with E-state index in [2.05, 4.69) is 10.2 Å². The van der Waals surface area contributed by atoms with E-state index < -0.39 is 0 Å². The molecule has 0 bridgehead atoms. The third-order valence-electron chi connectivity index (χ3n) is 5.01. The van der Waals surface area contributed by atoms with Gasteiger partial charge in [0, 0.05) is 37.8 Å². The lowest BCUT2D eigenvalue weighted by Gasteiger charge is -2.26. The number of carbonyl (C=O) groups excluding carboxylic acids is 1. The quantitative estimate of drug-likeness (QED) is 0.917. The molecule has 1 unspecified atom stereocenters. The summed E-state index contributed by atoms with van der Waals surface area (Å²) in [6.45, 7) is 4.39. The fourth-order valence-electron chi connectivity index (χ4n) is 3.69. The molecule has 1 aromatic carbocycles. The second-order valence-electron chi connectivity index (χ2n) is 6.47. The molecule has 3 rings (SSSR count). The number of rotatable bonds is 4. The zero-order chi connectivity index (χ0) is 16.9. The molecular formula is C18H27N3O3. The average molecular weight is 333 g/mol. The lowest BCUT2D eigenvalue weighted by Crippen LogP contribution is -2.44. The second kappa shape index (κ2) is 7.75. The summed E-state index contributed by atoms with van der Waals surface area (Å²) in [6, 6.07) is 6.16. The number of benzene rings is 1. The normalized spacial score (nSPS) is 21.1. The topological polar surface area (TPSA) is 54.0 Å². The van der Waals surface area contributed by atoms with Crippen molar-refractivity contribution in [2.75, 3.05) is 40.4 Å². The van der Waals surface area contributed by atoms with Crippen molar-refractivity contribution < 1.29 is 14.3 Å². The van der Waals surface area contributed by atoms with Gasteiger partial charge >= 0.3 is 6.03 Å². The molecule has 24 heavy (non-hydrogen) atoms. The number of nitrogens with zero attached hydrogens (tertiary/aromatic N) is 2. The highest BCUT2D eigenvalue weighted by Gasteiger charge is 2.30. The van der Waals surface area contributed by atoms with Crippen LogP contribution in [0.3, 0.4) is 0 Å². The van der Waals surface area contributed by atoms with Crippen LogP contribution in [0.5, 0.6) is 11.5 Å². The number of carbonyl (C=O) groups is 1. The Morgan fingerprint density at radius 3 is 2.83 bits per heavy atom. The van der Waals surface area contributed by atoms with Gasteiger partial charge in [-0.2, -0.15) is 0 Å². The van der Waals surface area contributed by atoms with E-state index in [9.17, 15) is 4.79 Å². The van der Waals surface area contributed by atoms with E-state index in [1.807, 2.05) is 23.1 Å². The Kier molecular flexibility index (Phi) is 5.45. The van der Waals surface area contributed by atoms with Crippen LogP contribution in [0.25, 0.3) is 0 Å². The Bertz CT molecular complexity index is 579. The third-order valence-corrected chi connectivity index (χ3v) is 5.01. The predicted octanol–water partition coefficient (Wildman–Crippen LogP) is 2.08. The number of hydrogen-bond acceptors (Lipinski definition) is 4. The minimum atomic E-state index is 0.00798. The van der Waals surface area contributed by atoms with Gasteiger partial charge < -0.3 is 19.7 Å². The predicted molar refractivity (Wildman–Crippen MR) is 92.6 cm³/mol. The van der Waals surface area contributed by atoms with Gasteiger partial charge in [-0.05, 0) is 44.0 Å². The Labute approximate surface area is 143 Å². The van der Waals surface area contributed by atoms with Gasteiger partial charge in [-0.3, -0.25) is 4.90 Å². The number of urea groups is 1. The zero-order valence-electron chi connectivity index (χ0n) is 14.6. The molecule has 132 valence electrons. The maximum Gasteiger partial charge on any atom is 0.317 e. The van der Waals surface area contributed by atoms with Crippen molar-refractivity contribution in [2.24, 2.45) is 0 Å². The van der Waals surface area contributed by atoms with Gasteiger partial charge in [-0.15, -0.1) is 0 Å². The summed E-state index contributed by atoms with van der Waals surface area (Å²) in [5.41, 5.74) is 0.919. The van der Waals surface area contributed by atoms with Crippen molar-refractivity contribution in [1.29, 1.82) is 0 Å². The highest BCUT2D eigenvalue weighted by Crippen LogP contribution is 2.24. The highest BCUT2D eigenvalue weighted by atomic mass is 16.5. The van der Waals surface area contributed by atoms with Crippen LogP contribution < -0.4 is 14.8 Å². The standard InChI is InChI=1S/C18H27N3O3/c1-23-16-6-7-17(24-2)14(11-16)12-19-18(22)21-10-4-9-20-8-3-5-15(20)13-21/h6-7,11,15H,3-5,8-10,12-13H2,1-2H3,(H,19,22). The molecule has 0 radical (unpaired) electrons. The SMILES string of the molecule is COc1ccc(OC)c(CNC(=O)N2CCCN3CCCC3C2)c1. The molecule has 1 aromatic rings. The number of nitrogens with one attached hydrogen (secondary N) is 1. The van der Waals surface area contributed by atoms with Crippen LogP contribution in [-0.4, -0.2) is 62.3 Å². The minimum Gasteiger partial charge on any atom is -0.497 e. The van der Waals surface area contributed by atoms with E-state index in [1.54, 1.807) is 14.2 Å². The lowest BCUT2D eigenvalue weighted by atomic mass is 10.2. The fraction of sp³-hybridized carbons (Fsp3) is 0.611. The molecule has 6 nitrogen and oxygen atoms in total. The number of amides is 2. The van der Waals surface area contributed by atoms with Crippen molar-refractivity contribution in [3.63, 3.8) is 0 Å². The van der Waals surface area contributed by atoms with Crippen LogP contribution in [0, 0.1) is 0 Å². The van der Waals surface area contributed by atoms with Crippen molar-refractivity contribution >= 4 is 6.03 Å². The van der Waals surface area contributed by atoms with E-state index in [0.29, 0.717) is 12.6 Å². The molecule has 1 atom stereocenters. The maximum absolute atomic E-state index is 12.6. The first kappa shape index (κ1) is 16.9. The Morgan fingerprint density at radius 2 is 2.04 bits per heavy atom. The van der Waals surface area contributed by atoms with Gasteiger partial charge in [0.1, 0.15) is 11.5 Å². The maximum atomic E-state index is 12.6. The molecule has 2 aliphatic heterocycles. The van der Waals surface area contributed by atoms with Crippen LogP contribution in [0.15, 0.2) is 18.2 Å². The van der Waals surface area contributed by atoms with Crippen molar-refractivity contribution in [3.05, 3.63) is 23.8 Å². The lowest BCUT2D eigenvalue weighted by molar-refractivity contribution is 0.188. The molecule has 0 aliphatic carbocycles. The van der Waals surface area contributed by atoms with Gasteiger partial charge in [0.05, 0.1) is 14.2 Å². The summed E-state index contributed by atoms with van der Waals surface area (Å²) in [6.07, 6.45) is 3.50. The summed E-state index contributed by atoms with van der Waals surface area (Å²) in [5.74, 6) is 1.52. The van der Waals surface area contributed by atoms with Crippen LogP contribution in [-0.2, 0) is 6.54 Å². The molecule has 0 spiro atoms. The van der Waals surface area contributed by atoms with E-state index in [0.717, 1.165) is 43.1 Å². The third kappa shape index (κ3) is 3.75. The Hall–Kier alpha value is -1.95. The summed E-state index contributed by atoms with van der Waals surface area (Å²) >= 11 is 0. The second-order valence-corrected chi connectivity index (χ2v) is 6.47. The molecule has 2 aliphatic rings. The van der Waals surface area contributed by atoms with E-state index in [4.69, 9.17) is 9.47 Å². The average Bonchev–Trinajstić information content (AvgIpc) is 2.96. The van der Waals surface area contributed by atoms with Gasteiger partial charge in [-0.25, -0.2) is 4.79 Å². The first-order chi connectivity index (χ1) is 11.7. The van der Waals surface area contributed by atoms with Gasteiger partial charge in [0.2, 0.25) is 0 Å². The van der Waals surface area contributed by atoms with Gasteiger partial charge in [0.25, 0.3) is 0 Å². The van der Waals surface area contributed by atoms with E-state index in [-0.39, 0.29) is 6.03 Å². The number of fused-ring (bicyclic) bond motifs is 1. The largest absolute Gasteiger partial charge is 0.497 e. The Morgan fingerprint density at radius 1 is 1.21 bits per heavy atom. The number of ether oxygens (including phenoxy) is 2. The zero-order valence-corrected chi connectivity index (χ0v) is 14.6. The van der Waals surface area contributed by atoms with Crippen molar-refractivity contribution in [2.45, 2.75) is 31.8 Å². The van der Waals surface area contributed by atoms with Gasteiger partial charge in [0.15, 0.2) is 0 Å². The van der Waals surface area contributed by atoms with E-state index >= 15 is 0 Å². The minimum absolute atomic E-state index is 0.00798. The number of hydrogen-bond donors (Lipinski definition) is 1. The molecule has 2 fully saturated rings. The number of methoxy groups -OCH3 is 2. The summed E-state index contributed by atoms with van der Waals surface area (Å²) in [7, 11) is 3.27. The van der Waals surface area contributed by atoms with Crippen LogP contribution in [0.4, 0.5) is 4.79 Å². The molecule has 6 heteroatoms. The summed E-state index contributed by atoms with van der Waals surface area (Å²) in [5, 5.41) is 3.04. The summed E-state index contributed by atoms with van der Waals surface area (Å²) < 4.78 is 10.6. The van der Waals surface area contributed by atoms with Crippen molar-refractivity contribution in [1.82, 2.24) is 15.1 Å². The Balaban J connectivity index is 1.60. The summed E-state index contributed by atoms with van der Waals surface area (Å²) in [4.78, 5) is 17.1. The molecule has 0 aromatic heterocycles. The van der Waals surface area contributed by atoms with Gasteiger partial charge in [-0.1, -0.05) is 0 Å². The smallest absolute Gasteiger partial charge is 0.317 e. The molecule has 0 saturated carbocycles. The monoisotopic (exact) mass is 333 g/mol. The van der Waals surface area contributed by atoms with Crippen LogP contribution in [0.2, 0.25) is 0 Å². The first-order valence-corrected chi connectivity index (χ1v) is 8.69. The van der Waals surface area contributed by atoms with Crippen LogP contribution in [0.1, 0.15) is 24.8 Å². The van der Waals surface area contributed by atoms with Crippen molar-refractivity contribution in [3.8, 4) is 11.5 Å².